The molecule has 0 spiro atoms. The minimum absolute atomic E-state index is 0.0400. The molecule has 4 aliphatic rings. The predicted molar refractivity (Wildman–Crippen MR) is 178 cm³/mol. The van der Waals surface area contributed by atoms with Crippen LogP contribution in [-0.4, -0.2) is 74.4 Å². The van der Waals surface area contributed by atoms with Crippen molar-refractivity contribution in [1.82, 2.24) is 14.9 Å². The lowest BCUT2D eigenvalue weighted by Gasteiger charge is -2.34. The van der Waals surface area contributed by atoms with E-state index in [1.165, 1.54) is 31.1 Å². The molecule has 44 heavy (non-hydrogen) atoms. The molecule has 0 bridgehead atoms. The summed E-state index contributed by atoms with van der Waals surface area (Å²) < 4.78 is 32.1. The van der Waals surface area contributed by atoms with Crippen LogP contribution < -0.4 is 14.5 Å². The monoisotopic (exact) mass is 635 g/mol. The average Bonchev–Trinajstić information content (AvgIpc) is 3.62. The number of anilines is 2. The van der Waals surface area contributed by atoms with Crippen molar-refractivity contribution in [3.63, 3.8) is 0 Å². The third kappa shape index (κ3) is 6.15. The van der Waals surface area contributed by atoms with Crippen molar-refractivity contribution in [1.29, 1.82) is 0 Å². The second kappa shape index (κ2) is 12.1. The summed E-state index contributed by atoms with van der Waals surface area (Å²) in [5.74, 6) is 1.47. The number of rotatable bonds is 11. The fraction of sp³-hybridized carbons (Fsp3) is 0.529. The van der Waals surface area contributed by atoms with E-state index in [0.29, 0.717) is 31.6 Å². The van der Waals surface area contributed by atoms with Crippen LogP contribution in [0.5, 0.6) is 6.01 Å². The van der Waals surface area contributed by atoms with E-state index < -0.39 is 9.84 Å². The van der Waals surface area contributed by atoms with E-state index in [9.17, 15) is 8.42 Å². The first kappa shape index (κ1) is 29.8. The molecule has 3 fully saturated rings. The molecule has 0 radical (unpaired) electrons. The quantitative estimate of drug-likeness (QED) is 0.253. The maximum Gasteiger partial charge on any atom is 0.318 e. The number of nitrogens with zero attached hydrogens (tertiary/aromatic N) is 5. The van der Waals surface area contributed by atoms with Crippen LogP contribution in [0.2, 0.25) is 5.02 Å². The number of sulfone groups is 1. The molecule has 234 valence electrons. The van der Waals surface area contributed by atoms with Gasteiger partial charge in [0.25, 0.3) is 0 Å². The van der Waals surface area contributed by atoms with Crippen LogP contribution >= 0.6 is 11.6 Å². The van der Waals surface area contributed by atoms with Crippen LogP contribution in [0.15, 0.2) is 47.9 Å². The van der Waals surface area contributed by atoms with Crippen molar-refractivity contribution in [2.75, 3.05) is 55.4 Å². The van der Waals surface area contributed by atoms with Gasteiger partial charge >= 0.3 is 6.01 Å². The first-order valence-corrected chi connectivity index (χ1v) is 18.2. The molecule has 2 saturated heterocycles. The zero-order valence-corrected chi connectivity index (χ0v) is 27.1. The van der Waals surface area contributed by atoms with Crippen LogP contribution in [-0.2, 0) is 22.8 Å². The average molecular weight is 636 g/mol. The third-order valence-corrected chi connectivity index (χ3v) is 11.7. The Kier molecular flexibility index (Phi) is 8.22. The molecule has 3 aliphatic heterocycles. The smallest absolute Gasteiger partial charge is 0.318 e. The number of ether oxygens (including phenoxy) is 1. The van der Waals surface area contributed by atoms with E-state index in [1.54, 1.807) is 0 Å². The number of halogens is 1. The summed E-state index contributed by atoms with van der Waals surface area (Å²) in [5.41, 5.74) is 3.15. The molecular weight excluding hydrogens is 594 g/mol. The molecule has 8 nitrogen and oxygen atoms in total. The number of fused-ring (bicyclic) bond motifs is 3. The topological polar surface area (TPSA) is 78.9 Å². The Balaban J connectivity index is 1.16. The molecule has 1 saturated carbocycles. The minimum atomic E-state index is -3.31. The Hall–Kier alpha value is -2.88. The van der Waals surface area contributed by atoms with Crippen LogP contribution in [0, 0.1) is 5.92 Å². The van der Waals surface area contributed by atoms with E-state index in [1.807, 2.05) is 30.2 Å². The summed E-state index contributed by atoms with van der Waals surface area (Å²) in [4.78, 5) is 16.8. The number of benzene rings is 2. The molecule has 3 aromatic rings. The lowest BCUT2D eigenvalue weighted by molar-refractivity contribution is 0.107. The summed E-state index contributed by atoms with van der Waals surface area (Å²) in [6.45, 7) is 4.57. The number of hydrogen-bond donors (Lipinski definition) is 0. The van der Waals surface area contributed by atoms with Gasteiger partial charge < -0.3 is 14.5 Å². The van der Waals surface area contributed by atoms with Crippen LogP contribution in [0.3, 0.4) is 0 Å². The Morgan fingerprint density at radius 3 is 2.64 bits per heavy atom. The summed E-state index contributed by atoms with van der Waals surface area (Å²) >= 11 is 6.71. The number of hydrogen-bond acceptors (Lipinski definition) is 8. The van der Waals surface area contributed by atoms with Crippen molar-refractivity contribution >= 4 is 43.7 Å². The van der Waals surface area contributed by atoms with E-state index in [2.05, 4.69) is 34.1 Å². The Morgan fingerprint density at radius 2 is 1.86 bits per heavy atom. The molecule has 0 unspecified atom stereocenters. The largest absolute Gasteiger partial charge is 0.461 e. The van der Waals surface area contributed by atoms with Gasteiger partial charge in [-0.2, -0.15) is 9.97 Å². The van der Waals surface area contributed by atoms with Crippen LogP contribution in [0.25, 0.3) is 10.8 Å². The van der Waals surface area contributed by atoms with Crippen LogP contribution in [0.4, 0.5) is 11.5 Å². The van der Waals surface area contributed by atoms with Gasteiger partial charge in [0, 0.05) is 42.2 Å². The Labute approximate surface area is 266 Å². The molecular formula is C34H42ClN5O3S. The highest BCUT2D eigenvalue weighted by molar-refractivity contribution is 7.94. The molecule has 2 aromatic carbocycles. The second-order valence-corrected chi connectivity index (χ2v) is 15.5. The van der Waals surface area contributed by atoms with Gasteiger partial charge in [-0.15, -0.1) is 0 Å². The Bertz CT molecular complexity index is 1660. The SMILES string of the molecule is CN(CCS(=O)(=O)/C=C/CC1CC1)c1nc(OCC23CCCN2CCC3)nc2c1CCN(c1cccc3cccc(Cl)c13)C2. The molecule has 4 heterocycles. The van der Waals surface area contributed by atoms with E-state index in [0.717, 1.165) is 83.9 Å². The van der Waals surface area contributed by atoms with Crippen molar-refractivity contribution in [3.05, 3.63) is 64.2 Å². The predicted octanol–water partition coefficient (Wildman–Crippen LogP) is 6.02. The fourth-order valence-electron chi connectivity index (χ4n) is 7.36. The molecule has 1 aromatic heterocycles. The highest BCUT2D eigenvalue weighted by Crippen LogP contribution is 2.40. The molecule has 0 atom stereocenters. The molecule has 0 amide bonds. The van der Waals surface area contributed by atoms with E-state index >= 15 is 0 Å². The van der Waals surface area contributed by atoms with Crippen molar-refractivity contribution < 1.29 is 13.2 Å². The van der Waals surface area contributed by atoms with Gasteiger partial charge in [-0.25, -0.2) is 8.42 Å². The zero-order valence-electron chi connectivity index (χ0n) is 25.5. The summed E-state index contributed by atoms with van der Waals surface area (Å²) in [7, 11) is -1.38. The van der Waals surface area contributed by atoms with Crippen molar-refractivity contribution in [2.45, 2.75) is 63.5 Å². The van der Waals surface area contributed by atoms with Gasteiger partial charge in [0.1, 0.15) is 12.4 Å². The highest BCUT2D eigenvalue weighted by Gasteiger charge is 2.45. The maximum atomic E-state index is 12.8. The van der Waals surface area contributed by atoms with Gasteiger partial charge in [-0.1, -0.05) is 41.9 Å². The first-order chi connectivity index (χ1) is 21.3. The standard InChI is InChI=1S/C34H42ClN5O3S/c1-38(20-22-44(41,42)21-4-7-25-12-13-25)32-27-14-19-39(30-11-3-9-26-8-2-10-28(35)31(26)30)23-29(27)36-33(37-32)43-24-34-15-5-17-40(34)18-6-16-34/h2-4,8-11,21,25H,5-7,12-20,22-24H2,1H3/b21-4+. The third-order valence-electron chi connectivity index (χ3n) is 10.0. The summed E-state index contributed by atoms with van der Waals surface area (Å²) in [6, 6.07) is 12.7. The molecule has 7 rings (SSSR count). The van der Waals surface area contributed by atoms with Crippen molar-refractivity contribution in [3.8, 4) is 6.01 Å². The summed E-state index contributed by atoms with van der Waals surface area (Å²) in [5, 5.41) is 4.30. The lowest BCUT2D eigenvalue weighted by atomic mass is 9.95. The normalized spacial score (nSPS) is 19.9. The van der Waals surface area contributed by atoms with Gasteiger partial charge in [-0.3, -0.25) is 4.90 Å². The number of aromatic nitrogens is 2. The fourth-order valence-corrected chi connectivity index (χ4v) is 8.71. The molecule has 0 N–H and O–H groups in total. The minimum Gasteiger partial charge on any atom is -0.461 e. The first-order valence-electron chi connectivity index (χ1n) is 16.1. The van der Waals surface area contributed by atoms with Gasteiger partial charge in [0.2, 0.25) is 0 Å². The van der Waals surface area contributed by atoms with Gasteiger partial charge in [-0.05, 0) is 87.9 Å². The number of allylic oxidation sites excluding steroid dienone is 1. The van der Waals surface area contributed by atoms with E-state index in [4.69, 9.17) is 26.3 Å². The molecule has 1 aliphatic carbocycles. The van der Waals surface area contributed by atoms with Gasteiger partial charge in [0.05, 0.1) is 28.6 Å². The van der Waals surface area contributed by atoms with Crippen LogP contribution in [0.1, 0.15) is 56.2 Å². The lowest BCUT2D eigenvalue weighted by Crippen LogP contribution is -2.43. The summed E-state index contributed by atoms with van der Waals surface area (Å²) in [6.07, 6.45) is 10.5. The zero-order chi connectivity index (χ0) is 30.3. The van der Waals surface area contributed by atoms with Gasteiger partial charge in [0.15, 0.2) is 9.84 Å². The highest BCUT2D eigenvalue weighted by atomic mass is 35.5. The second-order valence-electron chi connectivity index (χ2n) is 13.1. The van der Waals surface area contributed by atoms with Crippen molar-refractivity contribution in [2.24, 2.45) is 5.92 Å². The van der Waals surface area contributed by atoms with E-state index in [-0.39, 0.29) is 11.3 Å². The molecule has 10 heteroatoms. The maximum absolute atomic E-state index is 12.8. The Morgan fingerprint density at radius 1 is 1.09 bits per heavy atom.